The van der Waals surface area contributed by atoms with E-state index in [1.807, 2.05) is 13.0 Å². The molecule has 0 heterocycles. The highest BCUT2D eigenvalue weighted by molar-refractivity contribution is 6.05. The minimum absolute atomic E-state index is 0.218. The SMILES string of the molecule is CCC=C1CCC(C)=CC1=O. The molecule has 0 saturated heterocycles. The van der Waals surface area contributed by atoms with Crippen LogP contribution in [0.15, 0.2) is 23.3 Å². The summed E-state index contributed by atoms with van der Waals surface area (Å²) in [5.41, 5.74) is 2.21. The maximum atomic E-state index is 11.2. The lowest BCUT2D eigenvalue weighted by atomic mass is 9.94. The van der Waals surface area contributed by atoms with Gasteiger partial charge in [-0.2, -0.15) is 0 Å². The van der Waals surface area contributed by atoms with Gasteiger partial charge in [0.05, 0.1) is 0 Å². The normalized spacial score (nSPS) is 22.2. The van der Waals surface area contributed by atoms with Gasteiger partial charge in [-0.1, -0.05) is 18.6 Å². The van der Waals surface area contributed by atoms with Crippen LogP contribution < -0.4 is 0 Å². The van der Waals surface area contributed by atoms with Gasteiger partial charge < -0.3 is 0 Å². The van der Waals surface area contributed by atoms with Crippen LogP contribution in [0.25, 0.3) is 0 Å². The van der Waals surface area contributed by atoms with E-state index < -0.39 is 0 Å². The van der Waals surface area contributed by atoms with Crippen molar-refractivity contribution in [3.05, 3.63) is 23.3 Å². The molecule has 0 atom stereocenters. The van der Waals surface area contributed by atoms with E-state index in [1.165, 1.54) is 5.57 Å². The number of allylic oxidation sites excluding steroid dienone is 4. The Morgan fingerprint density at radius 3 is 2.82 bits per heavy atom. The summed E-state index contributed by atoms with van der Waals surface area (Å²) in [6.07, 6.45) is 6.75. The monoisotopic (exact) mass is 150 g/mol. The largest absolute Gasteiger partial charge is 0.290 e. The van der Waals surface area contributed by atoms with Crippen LogP contribution in [0.2, 0.25) is 0 Å². The summed E-state index contributed by atoms with van der Waals surface area (Å²) in [4.78, 5) is 11.2. The molecule has 60 valence electrons. The molecule has 0 aliphatic heterocycles. The maximum Gasteiger partial charge on any atom is 0.181 e. The van der Waals surface area contributed by atoms with Crippen molar-refractivity contribution >= 4 is 5.78 Å². The summed E-state index contributed by atoms with van der Waals surface area (Å²) in [6.45, 7) is 4.08. The second-order valence-corrected chi connectivity index (χ2v) is 2.99. The van der Waals surface area contributed by atoms with Crippen molar-refractivity contribution in [2.24, 2.45) is 0 Å². The Balaban J connectivity index is 2.76. The van der Waals surface area contributed by atoms with E-state index >= 15 is 0 Å². The summed E-state index contributed by atoms with van der Waals surface area (Å²) in [5.74, 6) is 0.218. The average Bonchev–Trinajstić information content (AvgIpc) is 1.95. The molecule has 1 aliphatic carbocycles. The van der Waals surface area contributed by atoms with E-state index in [2.05, 4.69) is 6.92 Å². The number of hydrogen-bond acceptors (Lipinski definition) is 1. The summed E-state index contributed by atoms with van der Waals surface area (Å²) >= 11 is 0. The molecule has 1 heteroatoms. The highest BCUT2D eigenvalue weighted by Crippen LogP contribution is 2.19. The predicted molar refractivity (Wildman–Crippen MR) is 46.4 cm³/mol. The van der Waals surface area contributed by atoms with E-state index in [-0.39, 0.29) is 5.78 Å². The van der Waals surface area contributed by atoms with Gasteiger partial charge in [-0.3, -0.25) is 4.79 Å². The van der Waals surface area contributed by atoms with Crippen LogP contribution >= 0.6 is 0 Å². The molecule has 1 rings (SSSR count). The Morgan fingerprint density at radius 1 is 1.55 bits per heavy atom. The number of rotatable bonds is 1. The highest BCUT2D eigenvalue weighted by atomic mass is 16.1. The zero-order chi connectivity index (χ0) is 8.27. The smallest absolute Gasteiger partial charge is 0.181 e. The van der Waals surface area contributed by atoms with E-state index in [9.17, 15) is 4.79 Å². The minimum Gasteiger partial charge on any atom is -0.290 e. The van der Waals surface area contributed by atoms with Crippen molar-refractivity contribution in [2.75, 3.05) is 0 Å². The zero-order valence-corrected chi connectivity index (χ0v) is 7.18. The number of carbonyl (C=O) groups excluding carboxylic acids is 1. The summed E-state index contributed by atoms with van der Waals surface area (Å²) in [6, 6.07) is 0. The standard InChI is InChI=1S/C10H14O/c1-3-4-9-6-5-8(2)7-10(9)11/h4,7H,3,5-6H2,1-2H3. The van der Waals surface area contributed by atoms with Crippen molar-refractivity contribution in [3.63, 3.8) is 0 Å². The molecule has 11 heavy (non-hydrogen) atoms. The fourth-order valence-electron chi connectivity index (χ4n) is 1.29. The predicted octanol–water partition coefficient (Wildman–Crippen LogP) is 2.63. The lowest BCUT2D eigenvalue weighted by molar-refractivity contribution is -0.111. The quantitative estimate of drug-likeness (QED) is 0.525. The third-order valence-electron chi connectivity index (χ3n) is 1.93. The Bertz CT molecular complexity index is 221. The molecule has 0 amide bonds. The number of carbonyl (C=O) groups is 1. The third-order valence-corrected chi connectivity index (χ3v) is 1.93. The topological polar surface area (TPSA) is 17.1 Å². The average molecular weight is 150 g/mol. The molecule has 0 aromatic carbocycles. The van der Waals surface area contributed by atoms with Gasteiger partial charge in [0.25, 0.3) is 0 Å². The van der Waals surface area contributed by atoms with E-state index in [1.54, 1.807) is 6.08 Å². The van der Waals surface area contributed by atoms with Crippen LogP contribution in [0.1, 0.15) is 33.1 Å². The van der Waals surface area contributed by atoms with Gasteiger partial charge in [-0.15, -0.1) is 0 Å². The van der Waals surface area contributed by atoms with Crippen molar-refractivity contribution in [1.82, 2.24) is 0 Å². The van der Waals surface area contributed by atoms with Gasteiger partial charge >= 0.3 is 0 Å². The van der Waals surface area contributed by atoms with Crippen molar-refractivity contribution in [2.45, 2.75) is 33.1 Å². The molecule has 0 N–H and O–H groups in total. The Hall–Kier alpha value is -0.850. The lowest BCUT2D eigenvalue weighted by Crippen LogP contribution is -2.05. The van der Waals surface area contributed by atoms with Crippen molar-refractivity contribution < 1.29 is 4.79 Å². The highest BCUT2D eigenvalue weighted by Gasteiger charge is 2.11. The molecule has 0 radical (unpaired) electrons. The Kier molecular flexibility index (Phi) is 2.64. The van der Waals surface area contributed by atoms with Gasteiger partial charge in [0, 0.05) is 0 Å². The maximum absolute atomic E-state index is 11.2. The van der Waals surface area contributed by atoms with Gasteiger partial charge in [-0.05, 0) is 37.8 Å². The molecule has 0 aromatic rings. The van der Waals surface area contributed by atoms with E-state index in [4.69, 9.17) is 0 Å². The first-order valence-corrected chi connectivity index (χ1v) is 4.14. The number of ketones is 1. The zero-order valence-electron chi connectivity index (χ0n) is 7.18. The van der Waals surface area contributed by atoms with Gasteiger partial charge in [-0.25, -0.2) is 0 Å². The van der Waals surface area contributed by atoms with Crippen LogP contribution in [0.3, 0.4) is 0 Å². The summed E-state index contributed by atoms with van der Waals surface area (Å²) in [5, 5.41) is 0. The molecular weight excluding hydrogens is 136 g/mol. The Labute approximate surface area is 67.8 Å². The van der Waals surface area contributed by atoms with Crippen LogP contribution in [-0.2, 0) is 4.79 Å². The van der Waals surface area contributed by atoms with Gasteiger partial charge in [0.15, 0.2) is 5.78 Å². The molecule has 0 bridgehead atoms. The molecule has 0 fully saturated rings. The first kappa shape index (κ1) is 8.25. The van der Waals surface area contributed by atoms with Gasteiger partial charge in [0.1, 0.15) is 0 Å². The third kappa shape index (κ3) is 2.04. The Morgan fingerprint density at radius 2 is 2.27 bits per heavy atom. The van der Waals surface area contributed by atoms with Crippen LogP contribution in [0.4, 0.5) is 0 Å². The van der Waals surface area contributed by atoms with Crippen LogP contribution in [0.5, 0.6) is 0 Å². The molecule has 0 aromatic heterocycles. The second-order valence-electron chi connectivity index (χ2n) is 2.99. The van der Waals surface area contributed by atoms with Crippen molar-refractivity contribution in [3.8, 4) is 0 Å². The first-order valence-electron chi connectivity index (χ1n) is 4.14. The fourth-order valence-corrected chi connectivity index (χ4v) is 1.29. The molecule has 0 unspecified atom stereocenters. The van der Waals surface area contributed by atoms with Crippen molar-refractivity contribution in [1.29, 1.82) is 0 Å². The van der Waals surface area contributed by atoms with E-state index in [0.717, 1.165) is 24.8 Å². The molecule has 1 aliphatic rings. The first-order chi connectivity index (χ1) is 5.24. The van der Waals surface area contributed by atoms with Crippen LogP contribution in [-0.4, -0.2) is 5.78 Å². The second kappa shape index (κ2) is 3.51. The molecule has 0 spiro atoms. The van der Waals surface area contributed by atoms with Gasteiger partial charge in [0.2, 0.25) is 0 Å². The molecule has 1 nitrogen and oxygen atoms in total. The minimum atomic E-state index is 0.218. The fraction of sp³-hybridized carbons (Fsp3) is 0.500. The number of hydrogen-bond donors (Lipinski definition) is 0. The van der Waals surface area contributed by atoms with Crippen LogP contribution in [0, 0.1) is 0 Å². The molecular formula is C10H14O. The summed E-state index contributed by atoms with van der Waals surface area (Å²) < 4.78 is 0. The lowest BCUT2D eigenvalue weighted by Gasteiger charge is -2.10. The molecule has 0 saturated carbocycles. The summed E-state index contributed by atoms with van der Waals surface area (Å²) in [7, 11) is 0. The van der Waals surface area contributed by atoms with E-state index in [0.29, 0.717) is 0 Å².